The molecule has 1 saturated carbocycles. The van der Waals surface area contributed by atoms with Crippen molar-refractivity contribution in [3.8, 4) is 0 Å². The van der Waals surface area contributed by atoms with Crippen LogP contribution in [-0.4, -0.2) is 48.3 Å². The molecule has 2 amide bonds. The summed E-state index contributed by atoms with van der Waals surface area (Å²) < 4.78 is 65.8. The number of nitrogens with one attached hydrogen (secondary N) is 2. The van der Waals surface area contributed by atoms with Gasteiger partial charge in [0.15, 0.2) is 5.65 Å². The number of imidazole rings is 1. The summed E-state index contributed by atoms with van der Waals surface area (Å²) in [7, 11) is 0. The number of hydrogen-bond donors (Lipinski definition) is 2. The predicted octanol–water partition coefficient (Wildman–Crippen LogP) is 3.17. The third-order valence-corrected chi connectivity index (χ3v) is 5.95. The van der Waals surface area contributed by atoms with E-state index >= 15 is 0 Å². The zero-order chi connectivity index (χ0) is 26.1. The van der Waals surface area contributed by atoms with Gasteiger partial charge >= 0.3 is 6.18 Å². The van der Waals surface area contributed by atoms with Crippen molar-refractivity contribution in [1.29, 1.82) is 0 Å². The van der Waals surface area contributed by atoms with Crippen molar-refractivity contribution in [2.75, 3.05) is 0 Å². The minimum atomic E-state index is -4.32. The number of carbonyl (C=O) groups excluding carboxylic acids is 2. The van der Waals surface area contributed by atoms with Gasteiger partial charge in [0, 0.05) is 38.0 Å². The second-order valence-electron chi connectivity index (χ2n) is 8.92. The van der Waals surface area contributed by atoms with E-state index in [2.05, 4.69) is 25.8 Å². The number of aryl methyl sites for hydroxylation is 1. The fourth-order valence-electron chi connectivity index (χ4n) is 4.00. The van der Waals surface area contributed by atoms with Crippen LogP contribution < -0.4 is 10.6 Å². The molecule has 1 aliphatic carbocycles. The minimum absolute atomic E-state index is 0.0491. The van der Waals surface area contributed by atoms with E-state index in [1.165, 1.54) is 23.8 Å². The zero-order valence-electron chi connectivity index (χ0n) is 19.3. The number of rotatable bonds is 9. The average molecular weight is 513 g/mol. The molecule has 36 heavy (non-hydrogen) atoms. The molecule has 0 radical (unpaired) electrons. The lowest BCUT2D eigenvalue weighted by Crippen LogP contribution is -2.38. The Bertz CT molecular complexity index is 1260. The first-order valence-corrected chi connectivity index (χ1v) is 11.2. The van der Waals surface area contributed by atoms with Gasteiger partial charge in [-0.25, -0.2) is 18.3 Å². The zero-order valence-corrected chi connectivity index (χ0v) is 19.3. The molecule has 0 aromatic carbocycles. The van der Waals surface area contributed by atoms with Gasteiger partial charge in [-0.1, -0.05) is 0 Å². The molecule has 0 aliphatic heterocycles. The van der Waals surface area contributed by atoms with E-state index in [0.717, 1.165) is 4.68 Å². The largest absolute Gasteiger partial charge is 0.390 e. The van der Waals surface area contributed by atoms with Crippen LogP contribution in [0.4, 0.5) is 22.0 Å². The molecule has 0 unspecified atom stereocenters. The molecule has 3 aromatic rings. The quantitative estimate of drug-likeness (QED) is 0.428. The lowest BCUT2D eigenvalue weighted by molar-refractivity contribution is -0.137. The van der Waals surface area contributed by atoms with Gasteiger partial charge < -0.3 is 10.6 Å². The van der Waals surface area contributed by atoms with Crippen molar-refractivity contribution in [1.82, 2.24) is 35.0 Å². The highest BCUT2D eigenvalue weighted by atomic mass is 19.4. The van der Waals surface area contributed by atoms with E-state index in [0.29, 0.717) is 22.6 Å². The number of amides is 2. The van der Waals surface area contributed by atoms with Gasteiger partial charge in [0.05, 0.1) is 42.8 Å². The smallest absolute Gasteiger partial charge is 0.352 e. The van der Waals surface area contributed by atoms with E-state index in [4.69, 9.17) is 0 Å². The number of nitrogens with zero attached hydrogens (tertiary/aromatic N) is 5. The maximum absolute atomic E-state index is 12.9. The van der Waals surface area contributed by atoms with E-state index in [9.17, 15) is 31.5 Å². The van der Waals surface area contributed by atoms with Gasteiger partial charge in [-0.15, -0.1) is 0 Å². The summed E-state index contributed by atoms with van der Waals surface area (Å²) in [5.41, 5.74) is 2.12. The second kappa shape index (κ2) is 9.82. The molecule has 0 bridgehead atoms. The third-order valence-electron chi connectivity index (χ3n) is 5.95. The van der Waals surface area contributed by atoms with Crippen LogP contribution in [0.1, 0.15) is 53.0 Å². The van der Waals surface area contributed by atoms with Gasteiger partial charge in [-0.05, 0) is 24.5 Å². The van der Waals surface area contributed by atoms with Crippen LogP contribution in [0, 0.1) is 12.8 Å². The van der Waals surface area contributed by atoms with Crippen molar-refractivity contribution in [3.05, 3.63) is 47.2 Å². The van der Waals surface area contributed by atoms with Crippen LogP contribution in [-0.2, 0) is 24.4 Å². The molecule has 0 atom stereocenters. The Morgan fingerprint density at radius 2 is 1.89 bits per heavy atom. The topological polar surface area (TPSA) is 106 Å². The summed E-state index contributed by atoms with van der Waals surface area (Å²) in [5.74, 6) is -3.76. The number of carbonyl (C=O) groups is 2. The predicted molar refractivity (Wildman–Crippen MR) is 116 cm³/mol. The van der Waals surface area contributed by atoms with Gasteiger partial charge in [0.1, 0.15) is 0 Å². The Hall–Kier alpha value is -3.58. The first-order chi connectivity index (χ1) is 16.9. The molecular formula is C22H24F5N7O2. The van der Waals surface area contributed by atoms with Gasteiger partial charge in [-0.3, -0.25) is 14.3 Å². The summed E-state index contributed by atoms with van der Waals surface area (Å²) in [6, 6.07) is 1.70. The fraction of sp³-hybridized carbons (Fsp3) is 0.500. The number of hydrogen-bond acceptors (Lipinski definition) is 5. The van der Waals surface area contributed by atoms with Crippen molar-refractivity contribution in [2.24, 2.45) is 5.92 Å². The van der Waals surface area contributed by atoms with E-state index < -0.39 is 24.4 Å². The number of alkyl halides is 5. The monoisotopic (exact) mass is 513 g/mol. The first kappa shape index (κ1) is 25.5. The molecule has 0 spiro atoms. The Balaban J connectivity index is 1.29. The Labute approximate surface area is 202 Å². The minimum Gasteiger partial charge on any atom is -0.352 e. The van der Waals surface area contributed by atoms with E-state index in [-0.39, 0.29) is 56.3 Å². The van der Waals surface area contributed by atoms with Gasteiger partial charge in [0.25, 0.3) is 5.91 Å². The molecule has 14 heteroatoms. The lowest BCUT2D eigenvalue weighted by Gasteiger charge is -2.34. The average Bonchev–Trinajstić information content (AvgIpc) is 3.35. The molecule has 3 aromatic heterocycles. The van der Waals surface area contributed by atoms with E-state index in [1.54, 1.807) is 12.3 Å². The Morgan fingerprint density at radius 3 is 2.58 bits per heavy atom. The summed E-state index contributed by atoms with van der Waals surface area (Å²) in [6.45, 7) is 1.37. The number of halogens is 5. The van der Waals surface area contributed by atoms with Crippen LogP contribution in [0.2, 0.25) is 0 Å². The molecule has 2 N–H and O–H groups in total. The highest BCUT2D eigenvalue weighted by Gasteiger charge is 2.45. The van der Waals surface area contributed by atoms with Crippen molar-refractivity contribution in [3.63, 3.8) is 0 Å². The molecule has 9 nitrogen and oxygen atoms in total. The van der Waals surface area contributed by atoms with E-state index in [1.807, 2.05) is 0 Å². The van der Waals surface area contributed by atoms with Gasteiger partial charge in [0.2, 0.25) is 11.8 Å². The van der Waals surface area contributed by atoms with Crippen LogP contribution in [0.25, 0.3) is 5.65 Å². The fourth-order valence-corrected chi connectivity index (χ4v) is 4.00. The lowest BCUT2D eigenvalue weighted by atomic mass is 9.79. The molecule has 194 valence electrons. The highest BCUT2D eigenvalue weighted by molar-refractivity contribution is 5.94. The van der Waals surface area contributed by atoms with Crippen LogP contribution in [0.3, 0.4) is 0 Å². The maximum Gasteiger partial charge on any atom is 0.390 e. The third kappa shape index (κ3) is 6.34. The van der Waals surface area contributed by atoms with Crippen LogP contribution in [0.15, 0.2) is 24.7 Å². The molecule has 0 saturated heterocycles. The summed E-state index contributed by atoms with van der Waals surface area (Å²) >= 11 is 0. The standard InChI is InChI=1S/C22H24F5N7O2/c1-13-17(11-31-33(13)3-2-22(25,26)27)20(36)29-10-16-12-34-18(32-16)4-15(9-30-34)8-28-19(35)5-14-6-21(23,24)7-14/h4,9,11-12,14H,2-3,5-8,10H2,1H3,(H,28,35)(H,29,36). The van der Waals surface area contributed by atoms with Crippen molar-refractivity contribution in [2.45, 2.75) is 64.3 Å². The Kier molecular flexibility index (Phi) is 6.96. The molecule has 1 fully saturated rings. The van der Waals surface area contributed by atoms with Crippen molar-refractivity contribution >= 4 is 17.5 Å². The molecular weight excluding hydrogens is 489 g/mol. The van der Waals surface area contributed by atoms with Crippen LogP contribution >= 0.6 is 0 Å². The van der Waals surface area contributed by atoms with Crippen LogP contribution in [0.5, 0.6) is 0 Å². The first-order valence-electron chi connectivity index (χ1n) is 11.2. The highest BCUT2D eigenvalue weighted by Crippen LogP contribution is 2.43. The van der Waals surface area contributed by atoms with Gasteiger partial charge in [-0.2, -0.15) is 23.4 Å². The number of fused-ring (bicyclic) bond motifs is 1. The maximum atomic E-state index is 12.9. The normalized spacial score (nSPS) is 15.6. The Morgan fingerprint density at radius 1 is 1.14 bits per heavy atom. The molecule has 4 rings (SSSR count). The second-order valence-corrected chi connectivity index (χ2v) is 8.92. The SMILES string of the molecule is Cc1c(C(=O)NCc2cn3ncc(CNC(=O)CC4CC(F)(F)C4)cc3n2)cnn1CCC(F)(F)F. The van der Waals surface area contributed by atoms with Crippen molar-refractivity contribution < 1.29 is 31.5 Å². The summed E-state index contributed by atoms with van der Waals surface area (Å²) in [4.78, 5) is 28.8. The summed E-state index contributed by atoms with van der Waals surface area (Å²) in [5, 5.41) is 13.4. The summed E-state index contributed by atoms with van der Waals surface area (Å²) in [6.07, 6.45) is -1.47. The molecule has 3 heterocycles. The number of aromatic nitrogens is 5. The molecule has 1 aliphatic rings.